The number of ether oxygens (including phenoxy) is 2. The number of carbonyl (C=O) groups excluding carboxylic acids is 1. The van der Waals surface area contributed by atoms with Gasteiger partial charge in [0.2, 0.25) is 5.91 Å². The molecule has 0 N–H and O–H groups in total. The summed E-state index contributed by atoms with van der Waals surface area (Å²) in [6.45, 7) is 3.39. The average molecular weight is 311 g/mol. The van der Waals surface area contributed by atoms with E-state index in [1.807, 2.05) is 48.2 Å². The predicted molar refractivity (Wildman–Crippen MR) is 88.9 cm³/mol. The van der Waals surface area contributed by atoms with Gasteiger partial charge in [-0.15, -0.1) is 0 Å². The standard InChI is InChI=1S/C19H21NO3/c1-4-20-12-14-7-5-6-8-15(14)18(19(20)21)13-9-10-16(22-2)17(11-13)23-3/h5-11,18H,4,12H2,1-3H3. The largest absolute Gasteiger partial charge is 0.493 e. The van der Waals surface area contributed by atoms with Crippen molar-refractivity contribution in [1.82, 2.24) is 4.90 Å². The van der Waals surface area contributed by atoms with Crippen molar-refractivity contribution < 1.29 is 14.3 Å². The lowest BCUT2D eigenvalue weighted by Crippen LogP contribution is -2.39. The summed E-state index contributed by atoms with van der Waals surface area (Å²) in [7, 11) is 3.22. The number of benzene rings is 2. The molecule has 120 valence electrons. The maximum absolute atomic E-state index is 12.9. The Morgan fingerprint density at radius 3 is 2.52 bits per heavy atom. The number of likely N-dealkylation sites (N-methyl/N-ethyl adjacent to an activating group) is 1. The summed E-state index contributed by atoms with van der Waals surface area (Å²) in [6.07, 6.45) is 0. The summed E-state index contributed by atoms with van der Waals surface area (Å²) in [4.78, 5) is 14.8. The summed E-state index contributed by atoms with van der Waals surface area (Å²) in [5, 5.41) is 0. The highest BCUT2D eigenvalue weighted by Crippen LogP contribution is 2.38. The van der Waals surface area contributed by atoms with Crippen LogP contribution in [0.2, 0.25) is 0 Å². The van der Waals surface area contributed by atoms with Crippen LogP contribution in [0.15, 0.2) is 42.5 Å². The number of amides is 1. The second-order valence-corrected chi connectivity index (χ2v) is 5.60. The molecule has 3 rings (SSSR count). The Morgan fingerprint density at radius 2 is 1.83 bits per heavy atom. The van der Waals surface area contributed by atoms with Crippen molar-refractivity contribution >= 4 is 5.91 Å². The highest BCUT2D eigenvalue weighted by Gasteiger charge is 2.33. The molecule has 0 aliphatic carbocycles. The lowest BCUT2D eigenvalue weighted by molar-refractivity contribution is -0.133. The lowest BCUT2D eigenvalue weighted by Gasteiger charge is -2.34. The van der Waals surface area contributed by atoms with Gasteiger partial charge >= 0.3 is 0 Å². The molecule has 0 bridgehead atoms. The van der Waals surface area contributed by atoms with Crippen LogP contribution in [0.4, 0.5) is 0 Å². The smallest absolute Gasteiger partial charge is 0.234 e. The van der Waals surface area contributed by atoms with Crippen LogP contribution in [0.3, 0.4) is 0 Å². The Balaban J connectivity index is 2.12. The monoisotopic (exact) mass is 311 g/mol. The third kappa shape index (κ3) is 2.65. The van der Waals surface area contributed by atoms with Crippen LogP contribution in [-0.4, -0.2) is 31.6 Å². The first-order chi connectivity index (χ1) is 11.2. The molecule has 1 unspecified atom stereocenters. The zero-order valence-electron chi connectivity index (χ0n) is 13.7. The molecule has 0 radical (unpaired) electrons. The van der Waals surface area contributed by atoms with Crippen molar-refractivity contribution in [1.29, 1.82) is 0 Å². The molecule has 0 fully saturated rings. The second-order valence-electron chi connectivity index (χ2n) is 5.60. The van der Waals surface area contributed by atoms with Gasteiger partial charge in [0.25, 0.3) is 0 Å². The number of rotatable bonds is 4. The maximum atomic E-state index is 12.9. The molecule has 1 aliphatic rings. The van der Waals surface area contributed by atoms with E-state index in [1.54, 1.807) is 14.2 Å². The van der Waals surface area contributed by atoms with Crippen molar-refractivity contribution in [2.75, 3.05) is 20.8 Å². The van der Waals surface area contributed by atoms with Crippen molar-refractivity contribution in [3.05, 3.63) is 59.2 Å². The average Bonchev–Trinajstić information content (AvgIpc) is 2.60. The topological polar surface area (TPSA) is 38.8 Å². The Morgan fingerprint density at radius 1 is 1.09 bits per heavy atom. The van der Waals surface area contributed by atoms with Crippen molar-refractivity contribution in [3.8, 4) is 11.5 Å². The first-order valence-corrected chi connectivity index (χ1v) is 7.78. The fraction of sp³-hybridized carbons (Fsp3) is 0.316. The maximum Gasteiger partial charge on any atom is 0.234 e. The third-order valence-corrected chi connectivity index (χ3v) is 4.41. The van der Waals surface area contributed by atoms with Gasteiger partial charge in [0.15, 0.2) is 11.5 Å². The van der Waals surface area contributed by atoms with E-state index in [0.717, 1.165) is 11.1 Å². The van der Waals surface area contributed by atoms with Gasteiger partial charge in [0.05, 0.1) is 20.1 Å². The van der Waals surface area contributed by atoms with Crippen LogP contribution in [0.1, 0.15) is 29.5 Å². The summed E-state index contributed by atoms with van der Waals surface area (Å²) in [6, 6.07) is 13.8. The van der Waals surface area contributed by atoms with E-state index in [4.69, 9.17) is 9.47 Å². The normalized spacial score (nSPS) is 16.9. The molecular weight excluding hydrogens is 290 g/mol. The van der Waals surface area contributed by atoms with Crippen molar-refractivity contribution in [3.63, 3.8) is 0 Å². The molecule has 0 aromatic heterocycles. The number of carbonyl (C=O) groups is 1. The van der Waals surface area contributed by atoms with E-state index in [-0.39, 0.29) is 11.8 Å². The van der Waals surface area contributed by atoms with Crippen LogP contribution in [0.5, 0.6) is 11.5 Å². The fourth-order valence-corrected chi connectivity index (χ4v) is 3.18. The summed E-state index contributed by atoms with van der Waals surface area (Å²) < 4.78 is 10.7. The molecule has 23 heavy (non-hydrogen) atoms. The van der Waals surface area contributed by atoms with Gasteiger partial charge in [0.1, 0.15) is 0 Å². The van der Waals surface area contributed by atoms with Crippen LogP contribution in [0.25, 0.3) is 0 Å². The van der Waals surface area contributed by atoms with Gasteiger partial charge in [-0.3, -0.25) is 4.79 Å². The fourth-order valence-electron chi connectivity index (χ4n) is 3.18. The molecule has 4 nitrogen and oxygen atoms in total. The third-order valence-electron chi connectivity index (χ3n) is 4.41. The van der Waals surface area contributed by atoms with Crippen LogP contribution < -0.4 is 9.47 Å². The minimum absolute atomic E-state index is 0.137. The number of hydrogen-bond donors (Lipinski definition) is 0. The Bertz CT molecular complexity index is 726. The highest BCUT2D eigenvalue weighted by molar-refractivity contribution is 5.89. The molecule has 0 spiro atoms. The summed E-state index contributed by atoms with van der Waals surface area (Å²) in [5.41, 5.74) is 3.21. The Hall–Kier alpha value is -2.49. The first kappa shape index (κ1) is 15.4. The van der Waals surface area contributed by atoms with Gasteiger partial charge in [-0.05, 0) is 35.7 Å². The number of fused-ring (bicyclic) bond motifs is 1. The molecule has 0 saturated heterocycles. The minimum atomic E-state index is -0.292. The number of nitrogens with zero attached hydrogens (tertiary/aromatic N) is 1. The van der Waals surface area contributed by atoms with Gasteiger partial charge in [-0.2, -0.15) is 0 Å². The summed E-state index contributed by atoms with van der Waals surface area (Å²) in [5.74, 6) is 1.15. The van der Waals surface area contributed by atoms with Crippen LogP contribution >= 0.6 is 0 Å². The van der Waals surface area contributed by atoms with Gasteiger partial charge in [-0.25, -0.2) is 0 Å². The molecule has 1 amide bonds. The van der Waals surface area contributed by atoms with E-state index < -0.39 is 0 Å². The molecule has 1 aliphatic heterocycles. The number of hydrogen-bond acceptors (Lipinski definition) is 3. The molecule has 1 atom stereocenters. The van der Waals surface area contributed by atoms with Gasteiger partial charge in [-0.1, -0.05) is 30.3 Å². The van der Waals surface area contributed by atoms with Crippen LogP contribution in [0, 0.1) is 0 Å². The zero-order valence-corrected chi connectivity index (χ0v) is 13.7. The molecule has 2 aromatic rings. The molecule has 0 saturated carbocycles. The van der Waals surface area contributed by atoms with E-state index in [9.17, 15) is 4.79 Å². The van der Waals surface area contributed by atoms with E-state index in [2.05, 4.69) is 6.07 Å². The quantitative estimate of drug-likeness (QED) is 0.870. The van der Waals surface area contributed by atoms with Crippen molar-refractivity contribution in [2.45, 2.75) is 19.4 Å². The molecular formula is C19H21NO3. The molecule has 1 heterocycles. The zero-order chi connectivity index (χ0) is 16.4. The van der Waals surface area contributed by atoms with E-state index in [0.29, 0.717) is 24.6 Å². The molecule has 4 heteroatoms. The summed E-state index contributed by atoms with van der Waals surface area (Å²) >= 11 is 0. The highest BCUT2D eigenvalue weighted by atomic mass is 16.5. The Kier molecular flexibility index (Phi) is 4.24. The van der Waals surface area contributed by atoms with E-state index >= 15 is 0 Å². The van der Waals surface area contributed by atoms with Crippen LogP contribution in [-0.2, 0) is 11.3 Å². The van der Waals surface area contributed by atoms with Crippen molar-refractivity contribution in [2.24, 2.45) is 0 Å². The van der Waals surface area contributed by atoms with E-state index in [1.165, 1.54) is 5.56 Å². The first-order valence-electron chi connectivity index (χ1n) is 7.78. The lowest BCUT2D eigenvalue weighted by atomic mass is 9.84. The van der Waals surface area contributed by atoms with Gasteiger partial charge < -0.3 is 14.4 Å². The SMILES string of the molecule is CCN1Cc2ccccc2C(c2ccc(OC)c(OC)c2)C1=O. The Labute approximate surface area is 136 Å². The number of methoxy groups -OCH3 is 2. The molecule has 2 aromatic carbocycles. The second kappa shape index (κ2) is 6.32. The predicted octanol–water partition coefficient (Wildman–Crippen LogP) is 3.20. The minimum Gasteiger partial charge on any atom is -0.493 e. The van der Waals surface area contributed by atoms with Gasteiger partial charge in [0, 0.05) is 13.1 Å².